The highest BCUT2D eigenvalue weighted by Crippen LogP contribution is 2.33. The van der Waals surface area contributed by atoms with Crippen LogP contribution in [0.15, 0.2) is 53.2 Å². The molecule has 3 rings (SSSR count). The van der Waals surface area contributed by atoms with Crippen molar-refractivity contribution in [1.29, 1.82) is 0 Å². The van der Waals surface area contributed by atoms with Gasteiger partial charge in [-0.15, -0.1) is 0 Å². The fourth-order valence-electron chi connectivity index (χ4n) is 3.45. The zero-order valence-electron chi connectivity index (χ0n) is 16.5. The van der Waals surface area contributed by atoms with Gasteiger partial charge >= 0.3 is 0 Å². The van der Waals surface area contributed by atoms with Crippen LogP contribution >= 0.6 is 15.9 Å². The standard InChI is InChI=1S/C23H26BrNO4/c1-2-28-15-13-17-8-3-4-10-19(17)23(27)25-14-6-5-9-18(25)16-29-21-12-7-11-20(26)22(21)24/h3-4,7-8,10-13,15,18,26H,2,5-6,9,14,16H2,1H3/b15-13+/t18-/m0/s1. The van der Waals surface area contributed by atoms with Gasteiger partial charge in [0.25, 0.3) is 5.91 Å². The van der Waals surface area contributed by atoms with Gasteiger partial charge in [0, 0.05) is 12.1 Å². The highest BCUT2D eigenvalue weighted by Gasteiger charge is 2.29. The van der Waals surface area contributed by atoms with Gasteiger partial charge in [0.05, 0.1) is 18.9 Å². The summed E-state index contributed by atoms with van der Waals surface area (Å²) in [4.78, 5) is 15.3. The molecule has 1 heterocycles. The molecule has 2 aromatic carbocycles. The van der Waals surface area contributed by atoms with Crippen molar-refractivity contribution in [2.45, 2.75) is 32.2 Å². The quantitative estimate of drug-likeness (QED) is 0.575. The van der Waals surface area contributed by atoms with Crippen molar-refractivity contribution in [3.8, 4) is 11.5 Å². The lowest BCUT2D eigenvalue weighted by Crippen LogP contribution is -2.46. The lowest BCUT2D eigenvalue weighted by molar-refractivity contribution is 0.0527. The molecule has 2 aromatic rings. The number of rotatable bonds is 7. The molecule has 0 unspecified atom stereocenters. The molecule has 0 aliphatic carbocycles. The van der Waals surface area contributed by atoms with Crippen LogP contribution in [0.3, 0.4) is 0 Å². The van der Waals surface area contributed by atoms with Gasteiger partial charge in [-0.3, -0.25) is 4.79 Å². The summed E-state index contributed by atoms with van der Waals surface area (Å²) in [6, 6.07) is 12.7. The number of carbonyl (C=O) groups is 1. The molecule has 0 aromatic heterocycles. The summed E-state index contributed by atoms with van der Waals surface area (Å²) >= 11 is 3.35. The number of amides is 1. The third-order valence-corrected chi connectivity index (χ3v) is 5.76. The minimum absolute atomic E-state index is 0.00465. The van der Waals surface area contributed by atoms with Crippen LogP contribution in [-0.4, -0.2) is 41.7 Å². The van der Waals surface area contributed by atoms with E-state index in [1.165, 1.54) is 0 Å². The van der Waals surface area contributed by atoms with Crippen molar-refractivity contribution in [3.05, 3.63) is 64.3 Å². The van der Waals surface area contributed by atoms with Gasteiger partial charge in [-0.05, 0) is 72.0 Å². The minimum Gasteiger partial charge on any atom is -0.507 e. The van der Waals surface area contributed by atoms with Crippen LogP contribution in [0.1, 0.15) is 42.1 Å². The number of benzene rings is 2. The third kappa shape index (κ3) is 5.32. The first-order chi connectivity index (χ1) is 14.1. The predicted molar refractivity (Wildman–Crippen MR) is 117 cm³/mol. The van der Waals surface area contributed by atoms with Crippen molar-refractivity contribution in [2.24, 2.45) is 0 Å². The smallest absolute Gasteiger partial charge is 0.254 e. The van der Waals surface area contributed by atoms with Gasteiger partial charge in [0.15, 0.2) is 0 Å². The summed E-state index contributed by atoms with van der Waals surface area (Å²) in [7, 11) is 0. The molecular formula is C23H26BrNO4. The van der Waals surface area contributed by atoms with E-state index in [2.05, 4.69) is 15.9 Å². The Morgan fingerprint density at radius 2 is 2.07 bits per heavy atom. The van der Waals surface area contributed by atoms with Crippen molar-refractivity contribution in [3.63, 3.8) is 0 Å². The number of carbonyl (C=O) groups excluding carboxylic acids is 1. The summed E-state index contributed by atoms with van der Waals surface area (Å²) < 4.78 is 11.8. The molecule has 1 atom stereocenters. The molecule has 5 nitrogen and oxygen atoms in total. The van der Waals surface area contributed by atoms with Crippen LogP contribution in [0.4, 0.5) is 0 Å². The molecule has 154 valence electrons. The fraction of sp³-hybridized carbons (Fsp3) is 0.348. The van der Waals surface area contributed by atoms with E-state index in [1.54, 1.807) is 24.5 Å². The average Bonchev–Trinajstić information content (AvgIpc) is 2.75. The second-order valence-electron chi connectivity index (χ2n) is 6.89. The Morgan fingerprint density at radius 3 is 2.90 bits per heavy atom. The van der Waals surface area contributed by atoms with Gasteiger partial charge < -0.3 is 19.5 Å². The van der Waals surface area contributed by atoms with Crippen LogP contribution < -0.4 is 4.74 Å². The Balaban J connectivity index is 1.76. The number of halogens is 1. The Bertz CT molecular complexity index is 868. The van der Waals surface area contributed by atoms with Crippen LogP contribution in [0.25, 0.3) is 6.08 Å². The van der Waals surface area contributed by atoms with E-state index in [0.717, 1.165) is 24.8 Å². The van der Waals surface area contributed by atoms with Crippen LogP contribution in [0, 0.1) is 0 Å². The first kappa shape index (κ1) is 21.2. The number of nitrogens with zero attached hydrogens (tertiary/aromatic N) is 1. The molecule has 1 fully saturated rings. The third-order valence-electron chi connectivity index (χ3n) is 4.96. The zero-order chi connectivity index (χ0) is 20.6. The van der Waals surface area contributed by atoms with Crippen molar-refractivity contribution in [2.75, 3.05) is 19.8 Å². The molecule has 1 amide bonds. The second-order valence-corrected chi connectivity index (χ2v) is 7.69. The molecule has 0 saturated carbocycles. The van der Waals surface area contributed by atoms with Gasteiger partial charge in [0.2, 0.25) is 0 Å². The molecule has 1 aliphatic rings. The number of hydrogen-bond acceptors (Lipinski definition) is 4. The topological polar surface area (TPSA) is 59.0 Å². The van der Waals surface area contributed by atoms with Gasteiger partial charge in [0.1, 0.15) is 22.6 Å². The first-order valence-electron chi connectivity index (χ1n) is 9.90. The number of phenolic OH excluding ortho intramolecular Hbond substituents is 1. The number of piperidine rings is 1. The van der Waals surface area contributed by atoms with Crippen LogP contribution in [0.2, 0.25) is 0 Å². The summed E-state index contributed by atoms with van der Waals surface area (Å²) in [5, 5.41) is 9.84. The molecule has 1 aliphatic heterocycles. The molecule has 6 heteroatoms. The van der Waals surface area contributed by atoms with E-state index in [0.29, 0.717) is 35.5 Å². The molecule has 0 spiro atoms. The van der Waals surface area contributed by atoms with E-state index in [4.69, 9.17) is 9.47 Å². The number of hydrogen-bond donors (Lipinski definition) is 1. The van der Waals surface area contributed by atoms with Crippen molar-refractivity contribution < 1.29 is 19.4 Å². The number of phenols is 1. The van der Waals surface area contributed by atoms with E-state index in [1.807, 2.05) is 42.2 Å². The predicted octanol–water partition coefficient (Wildman–Crippen LogP) is 5.24. The Labute approximate surface area is 180 Å². The van der Waals surface area contributed by atoms with E-state index < -0.39 is 0 Å². The van der Waals surface area contributed by atoms with E-state index >= 15 is 0 Å². The van der Waals surface area contributed by atoms with E-state index in [-0.39, 0.29) is 17.7 Å². The highest BCUT2D eigenvalue weighted by molar-refractivity contribution is 9.10. The lowest BCUT2D eigenvalue weighted by atomic mass is 9.99. The first-order valence-corrected chi connectivity index (χ1v) is 10.7. The monoisotopic (exact) mass is 459 g/mol. The number of likely N-dealkylation sites (tertiary alicyclic amines) is 1. The second kappa shape index (κ2) is 10.3. The minimum atomic E-state index is -0.0190. The Kier molecular flexibility index (Phi) is 7.58. The fourth-order valence-corrected chi connectivity index (χ4v) is 3.83. The normalized spacial score (nSPS) is 16.8. The lowest BCUT2D eigenvalue weighted by Gasteiger charge is -2.36. The zero-order valence-corrected chi connectivity index (χ0v) is 18.1. The molecule has 0 radical (unpaired) electrons. The SMILES string of the molecule is CCO/C=C/c1ccccc1C(=O)N1CCCC[C@H]1COc1cccc(O)c1Br. The maximum Gasteiger partial charge on any atom is 0.254 e. The molecule has 0 bridgehead atoms. The van der Waals surface area contributed by atoms with Gasteiger partial charge in [-0.1, -0.05) is 24.3 Å². The molecule has 1 N–H and O–H groups in total. The maximum atomic E-state index is 13.3. The summed E-state index contributed by atoms with van der Waals surface area (Å²) in [5.74, 6) is 0.710. The van der Waals surface area contributed by atoms with E-state index in [9.17, 15) is 9.90 Å². The molecule has 1 saturated heterocycles. The summed E-state index contributed by atoms with van der Waals surface area (Å²) in [5.41, 5.74) is 1.50. The Morgan fingerprint density at radius 1 is 1.24 bits per heavy atom. The highest BCUT2D eigenvalue weighted by atomic mass is 79.9. The summed E-state index contributed by atoms with van der Waals surface area (Å²) in [6.07, 6.45) is 6.39. The van der Waals surface area contributed by atoms with Crippen LogP contribution in [-0.2, 0) is 4.74 Å². The Hall–Kier alpha value is -2.47. The van der Waals surface area contributed by atoms with Crippen molar-refractivity contribution in [1.82, 2.24) is 4.90 Å². The maximum absolute atomic E-state index is 13.3. The number of aromatic hydroxyl groups is 1. The molecular weight excluding hydrogens is 434 g/mol. The van der Waals surface area contributed by atoms with Gasteiger partial charge in [-0.2, -0.15) is 0 Å². The van der Waals surface area contributed by atoms with Gasteiger partial charge in [-0.25, -0.2) is 0 Å². The molecule has 29 heavy (non-hydrogen) atoms. The van der Waals surface area contributed by atoms with Crippen LogP contribution in [0.5, 0.6) is 11.5 Å². The summed E-state index contributed by atoms with van der Waals surface area (Å²) in [6.45, 7) is 3.59. The van der Waals surface area contributed by atoms with Crippen molar-refractivity contribution >= 4 is 27.9 Å². The largest absolute Gasteiger partial charge is 0.507 e. The average molecular weight is 460 g/mol. The number of ether oxygens (including phenoxy) is 2.